The molecule has 4 heteroatoms. The van der Waals surface area contributed by atoms with Gasteiger partial charge in [0.05, 0.1) is 5.56 Å². The molecule has 0 saturated carbocycles. The molecule has 21 heavy (non-hydrogen) atoms. The lowest BCUT2D eigenvalue weighted by molar-refractivity contribution is 0.144. The third kappa shape index (κ3) is 3.82. The van der Waals surface area contributed by atoms with Crippen LogP contribution in [0.2, 0.25) is 0 Å². The maximum absolute atomic E-state index is 13.1. The van der Waals surface area contributed by atoms with E-state index in [1.54, 1.807) is 6.07 Å². The molecule has 0 aromatic heterocycles. The zero-order valence-electron chi connectivity index (χ0n) is 12.0. The van der Waals surface area contributed by atoms with Crippen LogP contribution < -0.4 is 4.74 Å². The first-order chi connectivity index (χ1) is 10.0. The fourth-order valence-corrected chi connectivity index (χ4v) is 2.70. The van der Waals surface area contributed by atoms with Crippen molar-refractivity contribution in [1.82, 2.24) is 0 Å². The van der Waals surface area contributed by atoms with Crippen molar-refractivity contribution in [3.8, 4) is 5.75 Å². The highest BCUT2D eigenvalue weighted by Crippen LogP contribution is 2.31. The number of hydrogen-bond acceptors (Lipinski definition) is 1. The van der Waals surface area contributed by atoms with E-state index in [1.165, 1.54) is 6.07 Å². The highest BCUT2D eigenvalue weighted by molar-refractivity contribution is 9.10. The summed E-state index contributed by atoms with van der Waals surface area (Å²) < 4.78 is 32.8. The Hall–Kier alpha value is -1.42. The number of hydrogen-bond donors (Lipinski definition) is 0. The van der Waals surface area contributed by atoms with E-state index in [2.05, 4.69) is 15.9 Å². The van der Waals surface area contributed by atoms with E-state index in [9.17, 15) is 8.78 Å². The van der Waals surface area contributed by atoms with Crippen molar-refractivity contribution in [2.24, 2.45) is 0 Å². The van der Waals surface area contributed by atoms with E-state index in [1.807, 2.05) is 38.1 Å². The van der Waals surface area contributed by atoms with Crippen LogP contribution in [0, 0.1) is 6.92 Å². The van der Waals surface area contributed by atoms with Gasteiger partial charge in [-0.3, -0.25) is 0 Å². The minimum absolute atomic E-state index is 0.0425. The SMILES string of the molecule is CCc1ccc(OCc2c(C)cccc2Br)c(C(F)F)c1. The summed E-state index contributed by atoms with van der Waals surface area (Å²) in [6.45, 7) is 4.17. The van der Waals surface area contributed by atoms with E-state index in [0.717, 1.165) is 27.6 Å². The molecule has 0 radical (unpaired) electrons. The summed E-state index contributed by atoms with van der Waals surface area (Å²) in [4.78, 5) is 0. The molecule has 0 aliphatic carbocycles. The Morgan fingerprint density at radius 1 is 1.19 bits per heavy atom. The molecule has 0 aliphatic rings. The molecular weight excluding hydrogens is 338 g/mol. The van der Waals surface area contributed by atoms with E-state index in [4.69, 9.17) is 4.74 Å². The Kier molecular flexibility index (Phi) is 5.34. The highest BCUT2D eigenvalue weighted by Gasteiger charge is 2.15. The Labute approximate surface area is 132 Å². The minimum Gasteiger partial charge on any atom is -0.488 e. The number of halogens is 3. The van der Waals surface area contributed by atoms with Gasteiger partial charge in [0.25, 0.3) is 6.43 Å². The zero-order valence-corrected chi connectivity index (χ0v) is 13.6. The van der Waals surface area contributed by atoms with Gasteiger partial charge in [0.2, 0.25) is 0 Å². The van der Waals surface area contributed by atoms with Gasteiger partial charge in [-0.25, -0.2) is 8.78 Å². The van der Waals surface area contributed by atoms with Gasteiger partial charge in [-0.1, -0.05) is 41.1 Å². The summed E-state index contributed by atoms with van der Waals surface area (Å²) in [5, 5.41) is 0. The fraction of sp³-hybridized carbons (Fsp3) is 0.294. The van der Waals surface area contributed by atoms with Crippen LogP contribution in [0.1, 0.15) is 35.6 Å². The van der Waals surface area contributed by atoms with Gasteiger partial charge < -0.3 is 4.74 Å². The number of ether oxygens (including phenoxy) is 1. The second-order valence-corrected chi connectivity index (χ2v) is 5.70. The van der Waals surface area contributed by atoms with E-state index in [0.29, 0.717) is 0 Å². The first kappa shape index (κ1) is 16.0. The minimum atomic E-state index is -2.54. The summed E-state index contributed by atoms with van der Waals surface area (Å²) in [6, 6.07) is 10.8. The zero-order chi connectivity index (χ0) is 15.4. The summed E-state index contributed by atoms with van der Waals surface area (Å²) in [6.07, 6.45) is -1.81. The standard InChI is InChI=1S/C17H17BrF2O/c1-3-12-7-8-16(13(9-12)17(19)20)21-10-14-11(2)5-4-6-15(14)18/h4-9,17H,3,10H2,1-2H3. The van der Waals surface area contributed by atoms with Crippen LogP contribution in [0.3, 0.4) is 0 Å². The van der Waals surface area contributed by atoms with Gasteiger partial charge in [0.15, 0.2) is 0 Å². The molecule has 2 rings (SSSR count). The Balaban J connectivity index is 2.24. The van der Waals surface area contributed by atoms with Gasteiger partial charge in [-0.05, 0) is 42.7 Å². The van der Waals surface area contributed by atoms with Crippen LogP contribution in [0.15, 0.2) is 40.9 Å². The largest absolute Gasteiger partial charge is 0.488 e. The maximum atomic E-state index is 13.1. The molecule has 0 atom stereocenters. The van der Waals surface area contributed by atoms with Gasteiger partial charge in [0, 0.05) is 10.0 Å². The van der Waals surface area contributed by atoms with E-state index in [-0.39, 0.29) is 17.9 Å². The molecule has 0 fully saturated rings. The Morgan fingerprint density at radius 3 is 2.57 bits per heavy atom. The first-order valence-electron chi connectivity index (χ1n) is 6.80. The quantitative estimate of drug-likeness (QED) is 0.655. The Bertz CT molecular complexity index is 606. The maximum Gasteiger partial charge on any atom is 0.267 e. The van der Waals surface area contributed by atoms with Gasteiger partial charge in [0.1, 0.15) is 12.4 Å². The first-order valence-corrected chi connectivity index (χ1v) is 7.60. The Morgan fingerprint density at radius 2 is 1.95 bits per heavy atom. The highest BCUT2D eigenvalue weighted by atomic mass is 79.9. The lowest BCUT2D eigenvalue weighted by Gasteiger charge is -2.14. The van der Waals surface area contributed by atoms with Crippen molar-refractivity contribution in [2.45, 2.75) is 33.3 Å². The van der Waals surface area contributed by atoms with Crippen LogP contribution in [0.5, 0.6) is 5.75 Å². The second-order valence-electron chi connectivity index (χ2n) is 4.85. The molecule has 0 bridgehead atoms. The molecular formula is C17H17BrF2O. The fourth-order valence-electron chi connectivity index (χ4n) is 2.12. The summed E-state index contributed by atoms with van der Waals surface area (Å²) >= 11 is 3.46. The van der Waals surface area contributed by atoms with Crippen molar-refractivity contribution in [3.05, 3.63) is 63.1 Å². The third-order valence-corrected chi connectivity index (χ3v) is 4.19. The molecule has 1 nitrogen and oxygen atoms in total. The molecule has 0 N–H and O–H groups in total. The number of rotatable bonds is 5. The molecule has 0 saturated heterocycles. The van der Waals surface area contributed by atoms with Crippen LogP contribution >= 0.6 is 15.9 Å². The molecule has 2 aromatic carbocycles. The molecule has 0 heterocycles. The van der Waals surface area contributed by atoms with Crippen molar-refractivity contribution in [1.29, 1.82) is 0 Å². The van der Waals surface area contributed by atoms with Gasteiger partial charge in [-0.15, -0.1) is 0 Å². The molecule has 2 aromatic rings. The van der Waals surface area contributed by atoms with Crippen molar-refractivity contribution in [3.63, 3.8) is 0 Å². The molecule has 0 aliphatic heterocycles. The smallest absolute Gasteiger partial charge is 0.267 e. The summed E-state index contributed by atoms with van der Waals surface area (Å²) in [5.74, 6) is 0.248. The molecule has 0 unspecified atom stereocenters. The third-order valence-electron chi connectivity index (χ3n) is 3.44. The van der Waals surface area contributed by atoms with Crippen LogP contribution in [-0.4, -0.2) is 0 Å². The number of benzene rings is 2. The topological polar surface area (TPSA) is 9.23 Å². The van der Waals surface area contributed by atoms with E-state index < -0.39 is 6.43 Å². The van der Waals surface area contributed by atoms with E-state index >= 15 is 0 Å². The van der Waals surface area contributed by atoms with Gasteiger partial charge >= 0.3 is 0 Å². The normalized spacial score (nSPS) is 11.0. The molecule has 0 spiro atoms. The van der Waals surface area contributed by atoms with Crippen LogP contribution in [0.4, 0.5) is 8.78 Å². The lowest BCUT2D eigenvalue weighted by Crippen LogP contribution is -2.02. The molecule has 112 valence electrons. The number of aryl methyl sites for hydroxylation is 2. The van der Waals surface area contributed by atoms with Gasteiger partial charge in [-0.2, -0.15) is 0 Å². The number of alkyl halides is 2. The average molecular weight is 355 g/mol. The van der Waals surface area contributed by atoms with Crippen molar-refractivity contribution in [2.75, 3.05) is 0 Å². The second kappa shape index (κ2) is 7.03. The lowest BCUT2D eigenvalue weighted by atomic mass is 10.1. The predicted octanol–water partition coefficient (Wildman–Crippen LogP) is 5.84. The average Bonchev–Trinajstić information content (AvgIpc) is 2.46. The molecule has 0 amide bonds. The summed E-state index contributed by atoms with van der Waals surface area (Å²) in [7, 11) is 0. The van der Waals surface area contributed by atoms with Crippen LogP contribution in [0.25, 0.3) is 0 Å². The summed E-state index contributed by atoms with van der Waals surface area (Å²) in [5.41, 5.74) is 2.87. The monoisotopic (exact) mass is 354 g/mol. The van der Waals surface area contributed by atoms with Crippen molar-refractivity contribution < 1.29 is 13.5 Å². The predicted molar refractivity (Wildman–Crippen MR) is 84.0 cm³/mol. The van der Waals surface area contributed by atoms with Crippen molar-refractivity contribution >= 4 is 15.9 Å². The van der Waals surface area contributed by atoms with Crippen LogP contribution in [-0.2, 0) is 13.0 Å².